The Morgan fingerprint density at radius 1 is 0.653 bits per heavy atom. The van der Waals surface area contributed by atoms with Gasteiger partial charge in [-0.15, -0.1) is 0 Å². The van der Waals surface area contributed by atoms with Crippen LogP contribution in [0.2, 0.25) is 0 Å². The Morgan fingerprint density at radius 3 is 2.12 bits per heavy atom. The Kier molecular flexibility index (Phi) is 7.09. The molecule has 246 valence electrons. The van der Waals surface area contributed by atoms with Crippen LogP contribution in [0.3, 0.4) is 0 Å². The number of alkyl halides is 6. The summed E-state index contributed by atoms with van der Waals surface area (Å²) in [5, 5.41) is 0. The molecule has 11 heteroatoms. The predicted molar refractivity (Wildman–Crippen MR) is 176 cm³/mol. The third kappa shape index (κ3) is 5.41. The number of aromatic nitrogens is 5. The molecule has 2 aliphatic rings. The van der Waals surface area contributed by atoms with Crippen LogP contribution in [0.4, 0.5) is 26.3 Å². The summed E-state index contributed by atoms with van der Waals surface area (Å²) >= 11 is 0. The fourth-order valence-electron chi connectivity index (χ4n) is 6.67. The maximum atomic E-state index is 12.5. The summed E-state index contributed by atoms with van der Waals surface area (Å²) in [4.78, 5) is 3.28. The maximum absolute atomic E-state index is 12.5. The number of para-hydroxylation sites is 2. The average Bonchev–Trinajstić information content (AvgIpc) is 3.91. The Morgan fingerprint density at radius 2 is 1.35 bits per heavy atom. The highest BCUT2D eigenvalue weighted by atomic mass is 19.4. The van der Waals surface area contributed by atoms with Crippen LogP contribution in [0.15, 0.2) is 134 Å². The molecule has 0 atom stereocenters. The Balaban J connectivity index is 0.000000107. The third-order valence-corrected chi connectivity index (χ3v) is 8.86. The second-order valence-electron chi connectivity index (χ2n) is 11.9. The fraction of sp³-hybridized carbons (Fsp3) is 0.105. The first kappa shape index (κ1) is 30.5. The Labute approximate surface area is 275 Å². The molecular weight excluding hydrogens is 640 g/mol. The van der Waals surface area contributed by atoms with E-state index in [4.69, 9.17) is 0 Å². The van der Waals surface area contributed by atoms with Crippen LogP contribution in [0, 0.1) is 0 Å². The Hall–Kier alpha value is -5.84. The van der Waals surface area contributed by atoms with Crippen molar-refractivity contribution in [3.05, 3.63) is 162 Å². The minimum atomic E-state index is -4.26. The quantitative estimate of drug-likeness (QED) is 0.169. The van der Waals surface area contributed by atoms with Crippen LogP contribution in [0.1, 0.15) is 27.9 Å². The number of fused-ring (bicyclic) bond motifs is 9. The van der Waals surface area contributed by atoms with E-state index in [2.05, 4.69) is 62.6 Å². The lowest BCUT2D eigenvalue weighted by Crippen LogP contribution is -2.03. The van der Waals surface area contributed by atoms with Gasteiger partial charge >= 0.3 is 12.4 Å². The van der Waals surface area contributed by atoms with Crippen molar-refractivity contribution < 1.29 is 26.3 Å². The van der Waals surface area contributed by atoms with Gasteiger partial charge in [0.1, 0.15) is 11.3 Å². The standard InChI is InChI=1S/C14H11N3.2C12H8F3N/c1-2-5-11(6-3-1)17-12-8-9-15-14(12)16-10-4-7-13(16)17;13-12(14,15)9-5-11-10-4-2-1-3-8(10)6-16(11)7-9;13-12(14,15)9-6-10-5-8-3-1-2-4-11(8)16(10)7-9/h1-10,15H;1-5,7H,6H2;1-4,6-7H,5H2. The molecule has 0 unspecified atom stereocenters. The van der Waals surface area contributed by atoms with Crippen LogP contribution < -0.4 is 0 Å². The number of nitrogens with zero attached hydrogens (tertiary/aromatic N) is 4. The molecule has 8 aromatic rings. The van der Waals surface area contributed by atoms with Crippen molar-refractivity contribution in [2.24, 2.45) is 0 Å². The highest BCUT2D eigenvalue weighted by Crippen LogP contribution is 2.39. The lowest BCUT2D eigenvalue weighted by molar-refractivity contribution is -0.138. The van der Waals surface area contributed by atoms with Crippen molar-refractivity contribution in [2.75, 3.05) is 0 Å². The van der Waals surface area contributed by atoms with Crippen LogP contribution >= 0.6 is 0 Å². The molecular formula is C38H27F6N5. The maximum Gasteiger partial charge on any atom is 0.417 e. The molecule has 0 saturated carbocycles. The number of H-pyrrole nitrogens is 1. The zero-order valence-corrected chi connectivity index (χ0v) is 25.7. The van der Waals surface area contributed by atoms with Gasteiger partial charge in [0.25, 0.3) is 0 Å². The second-order valence-corrected chi connectivity index (χ2v) is 11.9. The number of imidazole rings is 1. The van der Waals surface area contributed by atoms with Gasteiger partial charge in [-0.1, -0.05) is 60.7 Å². The van der Waals surface area contributed by atoms with Gasteiger partial charge in [-0.05, 0) is 59.7 Å². The van der Waals surface area contributed by atoms with Gasteiger partial charge in [-0.3, -0.25) is 8.97 Å². The van der Waals surface area contributed by atoms with Gasteiger partial charge in [0.15, 0.2) is 0 Å². The topological polar surface area (TPSA) is 35.0 Å². The molecule has 7 heterocycles. The molecule has 0 saturated heterocycles. The fourth-order valence-corrected chi connectivity index (χ4v) is 6.67. The smallest absolute Gasteiger partial charge is 0.346 e. The normalized spacial score (nSPS) is 12.9. The summed E-state index contributed by atoms with van der Waals surface area (Å²) in [6.07, 6.45) is -1.54. The number of benzene rings is 3. The molecule has 0 amide bonds. The number of rotatable bonds is 1. The van der Waals surface area contributed by atoms with E-state index in [1.54, 1.807) is 9.13 Å². The number of aromatic amines is 1. The molecule has 0 radical (unpaired) electrons. The molecule has 3 aromatic carbocycles. The molecule has 0 aliphatic carbocycles. The minimum Gasteiger partial charge on any atom is -0.346 e. The summed E-state index contributed by atoms with van der Waals surface area (Å²) < 4.78 is 82.7. The van der Waals surface area contributed by atoms with Crippen molar-refractivity contribution >= 4 is 16.8 Å². The van der Waals surface area contributed by atoms with E-state index in [-0.39, 0.29) is 0 Å². The monoisotopic (exact) mass is 667 g/mol. The van der Waals surface area contributed by atoms with Gasteiger partial charge in [0.2, 0.25) is 0 Å². The van der Waals surface area contributed by atoms with Crippen LogP contribution in [-0.2, 0) is 25.3 Å². The van der Waals surface area contributed by atoms with Crippen LogP contribution in [0.5, 0.6) is 0 Å². The van der Waals surface area contributed by atoms with Crippen molar-refractivity contribution in [3.8, 4) is 22.6 Å². The number of nitrogens with one attached hydrogen (secondary N) is 1. The van der Waals surface area contributed by atoms with Gasteiger partial charge in [-0.2, -0.15) is 26.3 Å². The van der Waals surface area contributed by atoms with E-state index in [0.29, 0.717) is 24.4 Å². The predicted octanol–water partition coefficient (Wildman–Crippen LogP) is 10.1. The SMILES string of the molecule is FC(F)(F)c1cc2n(c1)-c1ccccc1C2.FC(F)(F)c1cc2n(c1)Cc1ccccc1-2.c1ccc(-n2c3cc[nH]c3n3cccc23)cc1. The third-order valence-electron chi connectivity index (χ3n) is 8.86. The molecule has 10 rings (SSSR count). The first-order chi connectivity index (χ1) is 23.6. The molecule has 0 bridgehead atoms. The highest BCUT2D eigenvalue weighted by Gasteiger charge is 2.35. The molecule has 5 nitrogen and oxygen atoms in total. The van der Waals surface area contributed by atoms with Crippen molar-refractivity contribution in [2.45, 2.75) is 25.3 Å². The van der Waals surface area contributed by atoms with Gasteiger partial charge in [-0.25, -0.2) is 0 Å². The average molecular weight is 668 g/mol. The zero-order valence-electron chi connectivity index (χ0n) is 25.7. The largest absolute Gasteiger partial charge is 0.417 e. The molecule has 2 aliphatic heterocycles. The van der Waals surface area contributed by atoms with E-state index < -0.39 is 23.5 Å². The molecule has 5 aromatic heterocycles. The van der Waals surface area contributed by atoms with Gasteiger partial charge < -0.3 is 14.1 Å². The number of halogens is 6. The van der Waals surface area contributed by atoms with Crippen molar-refractivity contribution in [1.82, 2.24) is 23.1 Å². The number of hydrogen-bond donors (Lipinski definition) is 1. The molecule has 0 fully saturated rings. The molecule has 49 heavy (non-hydrogen) atoms. The first-order valence-corrected chi connectivity index (χ1v) is 15.5. The van der Waals surface area contributed by atoms with Crippen LogP contribution in [0.25, 0.3) is 39.4 Å². The van der Waals surface area contributed by atoms with E-state index >= 15 is 0 Å². The summed E-state index contributed by atoms with van der Waals surface area (Å²) in [5.74, 6) is 0. The summed E-state index contributed by atoms with van der Waals surface area (Å²) in [6.45, 7) is 0.529. The van der Waals surface area contributed by atoms with Gasteiger partial charge in [0, 0.05) is 66.1 Å². The summed E-state index contributed by atoms with van der Waals surface area (Å²) in [7, 11) is 0. The lowest BCUT2D eigenvalue weighted by Gasteiger charge is -2.04. The number of hydrogen-bond acceptors (Lipinski definition) is 0. The van der Waals surface area contributed by atoms with Crippen LogP contribution in [-0.4, -0.2) is 23.1 Å². The van der Waals surface area contributed by atoms with E-state index in [0.717, 1.165) is 28.0 Å². The van der Waals surface area contributed by atoms with E-state index in [1.807, 2.05) is 60.8 Å². The summed E-state index contributed by atoms with van der Waals surface area (Å²) in [5.41, 5.74) is 8.82. The highest BCUT2D eigenvalue weighted by molar-refractivity contribution is 5.82. The molecule has 1 N–H and O–H groups in total. The van der Waals surface area contributed by atoms with Gasteiger partial charge in [0.05, 0.1) is 16.6 Å². The molecule has 0 spiro atoms. The Bertz CT molecular complexity index is 2280. The second kappa shape index (κ2) is 11.4. The van der Waals surface area contributed by atoms with Crippen molar-refractivity contribution in [1.29, 1.82) is 0 Å². The van der Waals surface area contributed by atoms with Crippen molar-refractivity contribution in [3.63, 3.8) is 0 Å². The summed E-state index contributed by atoms with van der Waals surface area (Å²) in [6, 6.07) is 34.2. The first-order valence-electron chi connectivity index (χ1n) is 15.5. The lowest BCUT2D eigenvalue weighted by atomic mass is 10.1. The minimum absolute atomic E-state index is 0.529. The zero-order chi connectivity index (χ0) is 33.9. The van der Waals surface area contributed by atoms with E-state index in [1.165, 1.54) is 41.4 Å². The van der Waals surface area contributed by atoms with E-state index in [9.17, 15) is 26.3 Å².